The molecule has 1 atom stereocenters. The van der Waals surface area contributed by atoms with Gasteiger partial charge in [0, 0.05) is 19.3 Å². The molecule has 0 amide bonds. The van der Waals surface area contributed by atoms with Gasteiger partial charge in [-0.15, -0.1) is 0 Å². The van der Waals surface area contributed by atoms with Gasteiger partial charge in [0.2, 0.25) is 0 Å². The zero-order valence-electron chi connectivity index (χ0n) is 13.2. The van der Waals surface area contributed by atoms with Gasteiger partial charge in [0.05, 0.1) is 6.61 Å². The summed E-state index contributed by atoms with van der Waals surface area (Å²) in [5, 5.41) is 9.40. The third-order valence-electron chi connectivity index (χ3n) is 4.58. The summed E-state index contributed by atoms with van der Waals surface area (Å²) in [4.78, 5) is 0. The Balaban J connectivity index is 1.82. The van der Waals surface area contributed by atoms with Gasteiger partial charge in [-0.2, -0.15) is 0 Å². The molecule has 2 rings (SSSR count). The van der Waals surface area contributed by atoms with E-state index in [9.17, 15) is 5.11 Å². The zero-order valence-corrected chi connectivity index (χ0v) is 13.2. The highest BCUT2D eigenvalue weighted by Gasteiger charge is 2.29. The second-order valence-corrected chi connectivity index (χ2v) is 6.46. The molecule has 21 heavy (non-hydrogen) atoms. The molecule has 1 aromatic rings. The molecule has 1 aliphatic carbocycles. The molecule has 3 nitrogen and oxygen atoms in total. The molecule has 0 fully saturated rings. The molecule has 3 heteroatoms. The average molecular weight is 291 g/mol. The van der Waals surface area contributed by atoms with E-state index in [-0.39, 0.29) is 6.61 Å². The maximum atomic E-state index is 9.40. The molecule has 1 aromatic carbocycles. The van der Waals surface area contributed by atoms with Crippen LogP contribution in [0.3, 0.4) is 0 Å². The lowest BCUT2D eigenvalue weighted by Gasteiger charge is -2.33. The second-order valence-electron chi connectivity index (χ2n) is 6.46. The minimum Gasteiger partial charge on any atom is -0.394 e. The van der Waals surface area contributed by atoms with E-state index >= 15 is 0 Å². The fourth-order valence-electron chi connectivity index (χ4n) is 3.16. The van der Waals surface area contributed by atoms with Crippen molar-refractivity contribution in [1.82, 2.24) is 0 Å². The Hall–Kier alpha value is -0.900. The largest absolute Gasteiger partial charge is 0.394 e. The van der Waals surface area contributed by atoms with Crippen LogP contribution in [0.5, 0.6) is 0 Å². The molecular weight excluding hydrogens is 262 g/mol. The minimum absolute atomic E-state index is 0.0790. The van der Waals surface area contributed by atoms with E-state index in [1.807, 2.05) is 0 Å². The SMILES string of the molecule is COCCCCCCc1ccc2c(c1)CCC(N)(CO)C2. The topological polar surface area (TPSA) is 55.5 Å². The van der Waals surface area contributed by atoms with Gasteiger partial charge >= 0.3 is 0 Å². The van der Waals surface area contributed by atoms with Gasteiger partial charge in [-0.3, -0.25) is 0 Å². The first-order chi connectivity index (χ1) is 10.2. The van der Waals surface area contributed by atoms with Crippen molar-refractivity contribution in [3.8, 4) is 0 Å². The van der Waals surface area contributed by atoms with E-state index in [2.05, 4.69) is 18.2 Å². The Kier molecular flexibility index (Phi) is 6.22. The van der Waals surface area contributed by atoms with Crippen LogP contribution in [-0.2, 0) is 24.0 Å². The van der Waals surface area contributed by atoms with Crippen molar-refractivity contribution >= 4 is 0 Å². The predicted molar refractivity (Wildman–Crippen MR) is 86.5 cm³/mol. The van der Waals surface area contributed by atoms with Crippen LogP contribution < -0.4 is 5.73 Å². The smallest absolute Gasteiger partial charge is 0.0614 e. The number of aryl methyl sites for hydroxylation is 2. The maximum Gasteiger partial charge on any atom is 0.0614 e. The number of hydrogen-bond donors (Lipinski definition) is 2. The van der Waals surface area contributed by atoms with Crippen molar-refractivity contribution in [3.63, 3.8) is 0 Å². The van der Waals surface area contributed by atoms with Gasteiger partial charge in [-0.25, -0.2) is 0 Å². The Labute approximate surface area is 128 Å². The molecule has 0 bridgehead atoms. The van der Waals surface area contributed by atoms with Crippen LogP contribution in [0.25, 0.3) is 0 Å². The molecule has 1 aliphatic rings. The molecule has 0 aromatic heterocycles. The number of fused-ring (bicyclic) bond motifs is 1. The van der Waals surface area contributed by atoms with Crippen molar-refractivity contribution in [2.45, 2.75) is 56.9 Å². The number of benzene rings is 1. The van der Waals surface area contributed by atoms with Crippen LogP contribution >= 0.6 is 0 Å². The monoisotopic (exact) mass is 291 g/mol. The summed E-state index contributed by atoms with van der Waals surface area (Å²) in [5.74, 6) is 0. The van der Waals surface area contributed by atoms with Gasteiger partial charge in [0.1, 0.15) is 0 Å². The molecule has 0 saturated heterocycles. The van der Waals surface area contributed by atoms with Gasteiger partial charge in [0.15, 0.2) is 0 Å². The molecule has 0 saturated carbocycles. The first-order valence-corrected chi connectivity index (χ1v) is 8.16. The standard InChI is InChI=1S/C18H29NO2/c1-21-11-5-3-2-4-6-15-7-8-17-13-18(19,14-20)10-9-16(17)12-15/h7-8,12,20H,2-6,9-11,13-14,19H2,1H3. The van der Waals surface area contributed by atoms with Crippen LogP contribution in [0.2, 0.25) is 0 Å². The number of unbranched alkanes of at least 4 members (excludes halogenated alkanes) is 3. The van der Waals surface area contributed by atoms with Crippen molar-refractivity contribution < 1.29 is 9.84 Å². The van der Waals surface area contributed by atoms with Gasteiger partial charge in [-0.1, -0.05) is 31.0 Å². The van der Waals surface area contributed by atoms with E-state index < -0.39 is 5.54 Å². The molecule has 118 valence electrons. The molecule has 3 N–H and O–H groups in total. The quantitative estimate of drug-likeness (QED) is 0.724. The number of methoxy groups -OCH3 is 1. The third-order valence-corrected chi connectivity index (χ3v) is 4.58. The van der Waals surface area contributed by atoms with Crippen molar-refractivity contribution in [2.75, 3.05) is 20.3 Å². The molecule has 0 spiro atoms. The summed E-state index contributed by atoms with van der Waals surface area (Å²) in [6, 6.07) is 6.80. The Morgan fingerprint density at radius 1 is 1.19 bits per heavy atom. The summed E-state index contributed by atoms with van der Waals surface area (Å²) in [6.07, 6.45) is 8.79. The highest BCUT2D eigenvalue weighted by molar-refractivity contribution is 5.36. The lowest BCUT2D eigenvalue weighted by atomic mass is 9.78. The summed E-state index contributed by atoms with van der Waals surface area (Å²) in [7, 11) is 1.76. The van der Waals surface area contributed by atoms with Crippen LogP contribution in [0.15, 0.2) is 18.2 Å². The molecule has 0 radical (unpaired) electrons. The minimum atomic E-state index is -0.407. The summed E-state index contributed by atoms with van der Waals surface area (Å²) in [6.45, 7) is 0.959. The second kappa shape index (κ2) is 7.92. The van der Waals surface area contributed by atoms with E-state index in [1.165, 1.54) is 42.4 Å². The van der Waals surface area contributed by atoms with Crippen LogP contribution in [0.4, 0.5) is 0 Å². The molecule has 1 unspecified atom stereocenters. The lowest BCUT2D eigenvalue weighted by molar-refractivity contribution is 0.181. The average Bonchev–Trinajstić information content (AvgIpc) is 2.51. The van der Waals surface area contributed by atoms with E-state index in [0.717, 1.165) is 32.3 Å². The van der Waals surface area contributed by atoms with Gasteiger partial charge < -0.3 is 15.6 Å². The van der Waals surface area contributed by atoms with Crippen LogP contribution in [0, 0.1) is 0 Å². The van der Waals surface area contributed by atoms with E-state index in [1.54, 1.807) is 7.11 Å². The Bertz CT molecular complexity index is 447. The Morgan fingerprint density at radius 3 is 2.76 bits per heavy atom. The Morgan fingerprint density at radius 2 is 2.00 bits per heavy atom. The normalized spacial score (nSPS) is 21.3. The number of aliphatic hydroxyl groups is 1. The number of hydrogen-bond acceptors (Lipinski definition) is 3. The fourth-order valence-corrected chi connectivity index (χ4v) is 3.16. The number of rotatable bonds is 8. The molecular formula is C18H29NO2. The number of ether oxygens (including phenoxy) is 1. The van der Waals surface area contributed by atoms with Gasteiger partial charge in [0.25, 0.3) is 0 Å². The number of nitrogens with two attached hydrogens (primary N) is 1. The molecule has 0 heterocycles. The highest BCUT2D eigenvalue weighted by Crippen LogP contribution is 2.28. The van der Waals surface area contributed by atoms with Crippen molar-refractivity contribution in [1.29, 1.82) is 0 Å². The maximum absolute atomic E-state index is 9.40. The third kappa shape index (κ3) is 4.80. The zero-order chi connectivity index (χ0) is 15.1. The first-order valence-electron chi connectivity index (χ1n) is 8.16. The lowest BCUT2D eigenvalue weighted by Crippen LogP contribution is -2.48. The van der Waals surface area contributed by atoms with Crippen LogP contribution in [0.1, 0.15) is 48.8 Å². The van der Waals surface area contributed by atoms with Crippen LogP contribution in [-0.4, -0.2) is 31.0 Å². The number of aliphatic hydroxyl groups excluding tert-OH is 1. The summed E-state index contributed by atoms with van der Waals surface area (Å²) >= 11 is 0. The predicted octanol–water partition coefficient (Wildman–Crippen LogP) is 2.61. The van der Waals surface area contributed by atoms with E-state index in [4.69, 9.17) is 10.5 Å². The highest BCUT2D eigenvalue weighted by atomic mass is 16.5. The van der Waals surface area contributed by atoms with Crippen molar-refractivity contribution in [3.05, 3.63) is 34.9 Å². The van der Waals surface area contributed by atoms with Gasteiger partial charge in [-0.05, 0) is 55.2 Å². The molecule has 0 aliphatic heterocycles. The first kappa shape index (κ1) is 16.5. The summed E-state index contributed by atoms with van der Waals surface area (Å²) in [5.41, 5.74) is 9.97. The van der Waals surface area contributed by atoms with Crippen molar-refractivity contribution in [2.24, 2.45) is 5.73 Å². The van der Waals surface area contributed by atoms with E-state index in [0.29, 0.717) is 0 Å². The summed E-state index contributed by atoms with van der Waals surface area (Å²) < 4.78 is 5.07. The fraction of sp³-hybridized carbons (Fsp3) is 0.667.